The van der Waals surface area contributed by atoms with E-state index in [-0.39, 0.29) is 18.1 Å². The topological polar surface area (TPSA) is 77.2 Å². The number of hydrogen-bond acceptors (Lipinski definition) is 4. The number of ether oxygens (including phenoxy) is 1. The molecule has 1 heterocycles. The summed E-state index contributed by atoms with van der Waals surface area (Å²) in [7, 11) is 0. The van der Waals surface area contributed by atoms with E-state index in [4.69, 9.17) is 10.5 Å². The summed E-state index contributed by atoms with van der Waals surface area (Å²) >= 11 is 0. The fourth-order valence-electron chi connectivity index (χ4n) is 2.30. The maximum absolute atomic E-state index is 12.1. The average Bonchev–Trinajstić information content (AvgIpc) is 2.91. The van der Waals surface area contributed by atoms with E-state index in [9.17, 15) is 4.79 Å². The molecule has 1 atom stereocenters. The number of nitrogens with zero attached hydrogens (tertiary/aromatic N) is 1. The predicted molar refractivity (Wildman–Crippen MR) is 74.7 cm³/mol. The first-order valence-corrected chi connectivity index (χ1v) is 6.87. The molecule has 1 saturated carbocycles. The first-order valence-electron chi connectivity index (χ1n) is 6.87. The molecule has 3 N–H and O–H groups in total. The molecule has 5 nitrogen and oxygen atoms in total. The number of amides is 1. The third kappa shape index (κ3) is 3.92. The maximum Gasteiger partial charge on any atom is 0.253 e. The molecule has 2 rings (SSSR count). The van der Waals surface area contributed by atoms with Gasteiger partial charge in [0.2, 0.25) is 0 Å². The van der Waals surface area contributed by atoms with E-state index >= 15 is 0 Å². The molecule has 1 amide bonds. The fourth-order valence-corrected chi connectivity index (χ4v) is 2.30. The number of rotatable bonds is 5. The van der Waals surface area contributed by atoms with Crippen molar-refractivity contribution in [1.29, 1.82) is 0 Å². The molecule has 0 aliphatic heterocycles. The van der Waals surface area contributed by atoms with Crippen molar-refractivity contribution >= 4 is 17.4 Å². The van der Waals surface area contributed by atoms with Crippen LogP contribution in [0.1, 0.15) is 39.0 Å². The first-order chi connectivity index (χ1) is 9.19. The van der Waals surface area contributed by atoms with Crippen LogP contribution in [0.15, 0.2) is 18.3 Å². The van der Waals surface area contributed by atoms with Crippen molar-refractivity contribution in [2.24, 2.45) is 0 Å². The molecule has 5 heteroatoms. The molecule has 1 aromatic rings. The molecule has 0 radical (unpaired) electrons. The molecule has 1 unspecified atom stereocenters. The van der Waals surface area contributed by atoms with Gasteiger partial charge >= 0.3 is 0 Å². The van der Waals surface area contributed by atoms with E-state index in [0.29, 0.717) is 17.9 Å². The lowest BCUT2D eigenvalue weighted by Gasteiger charge is -2.20. The van der Waals surface area contributed by atoms with E-state index in [1.807, 2.05) is 6.92 Å². The Labute approximate surface area is 113 Å². The van der Waals surface area contributed by atoms with Crippen molar-refractivity contribution in [2.45, 2.75) is 51.2 Å². The van der Waals surface area contributed by atoms with Gasteiger partial charge in [0.1, 0.15) is 11.9 Å². The smallest absolute Gasteiger partial charge is 0.253 e. The number of carbonyl (C=O) groups is 1. The third-order valence-electron chi connectivity index (χ3n) is 3.38. The van der Waals surface area contributed by atoms with Crippen molar-refractivity contribution in [2.75, 3.05) is 11.1 Å². The van der Waals surface area contributed by atoms with Gasteiger partial charge in [-0.25, -0.2) is 4.98 Å². The summed E-state index contributed by atoms with van der Waals surface area (Å²) in [5.74, 6) is 0.327. The second-order valence-corrected chi connectivity index (χ2v) is 4.90. The van der Waals surface area contributed by atoms with Crippen LogP contribution in [0.25, 0.3) is 0 Å². The zero-order chi connectivity index (χ0) is 13.7. The molecular formula is C14H21N3O2. The Morgan fingerprint density at radius 1 is 1.53 bits per heavy atom. The van der Waals surface area contributed by atoms with Crippen LogP contribution < -0.4 is 11.1 Å². The molecule has 0 bridgehead atoms. The zero-order valence-electron chi connectivity index (χ0n) is 11.3. The van der Waals surface area contributed by atoms with Crippen LogP contribution in [0, 0.1) is 0 Å². The number of hydrogen-bond donors (Lipinski definition) is 2. The maximum atomic E-state index is 12.1. The summed E-state index contributed by atoms with van der Waals surface area (Å²) in [5.41, 5.74) is 6.15. The molecule has 0 saturated heterocycles. The minimum atomic E-state index is -0.388. The lowest BCUT2D eigenvalue weighted by molar-refractivity contribution is -0.131. The molecule has 104 valence electrons. The van der Waals surface area contributed by atoms with Gasteiger partial charge in [-0.3, -0.25) is 4.79 Å². The van der Waals surface area contributed by atoms with Gasteiger partial charge in [0.05, 0.1) is 18.0 Å². The van der Waals surface area contributed by atoms with Crippen LogP contribution in [0.4, 0.5) is 11.5 Å². The highest BCUT2D eigenvalue weighted by Crippen LogP contribution is 2.23. The molecule has 0 spiro atoms. The van der Waals surface area contributed by atoms with Crippen LogP contribution in [-0.4, -0.2) is 23.1 Å². The molecular weight excluding hydrogens is 242 g/mol. The summed E-state index contributed by atoms with van der Waals surface area (Å²) < 4.78 is 5.86. The largest absolute Gasteiger partial charge is 0.384 e. The Balaban J connectivity index is 1.90. The first kappa shape index (κ1) is 13.8. The highest BCUT2D eigenvalue weighted by atomic mass is 16.5. The summed E-state index contributed by atoms with van der Waals surface area (Å²) in [5, 5.41) is 2.81. The summed E-state index contributed by atoms with van der Waals surface area (Å²) in [6, 6.07) is 3.40. The van der Waals surface area contributed by atoms with Gasteiger partial charge in [-0.2, -0.15) is 0 Å². The Bertz CT molecular complexity index is 413. The number of aromatic nitrogens is 1. The van der Waals surface area contributed by atoms with Gasteiger partial charge < -0.3 is 15.8 Å². The summed E-state index contributed by atoms with van der Waals surface area (Å²) in [4.78, 5) is 16.1. The molecule has 1 aliphatic carbocycles. The van der Waals surface area contributed by atoms with Crippen LogP contribution in [0.2, 0.25) is 0 Å². The van der Waals surface area contributed by atoms with Crippen molar-refractivity contribution in [3.63, 3.8) is 0 Å². The Morgan fingerprint density at radius 3 is 2.84 bits per heavy atom. The summed E-state index contributed by atoms with van der Waals surface area (Å²) in [6.45, 7) is 1.96. The lowest BCUT2D eigenvalue weighted by atomic mass is 10.2. The number of carbonyl (C=O) groups excluding carboxylic acids is 1. The lowest BCUT2D eigenvalue weighted by Crippen LogP contribution is -2.32. The third-order valence-corrected chi connectivity index (χ3v) is 3.38. The fraction of sp³-hybridized carbons (Fsp3) is 0.571. The Kier molecular flexibility index (Phi) is 4.74. The number of nitrogens with one attached hydrogen (secondary N) is 1. The van der Waals surface area contributed by atoms with E-state index in [1.165, 1.54) is 12.8 Å². The van der Waals surface area contributed by atoms with Crippen LogP contribution >= 0.6 is 0 Å². The molecule has 1 aromatic heterocycles. The van der Waals surface area contributed by atoms with Gasteiger partial charge in [-0.1, -0.05) is 19.8 Å². The minimum absolute atomic E-state index is 0.110. The quantitative estimate of drug-likeness (QED) is 0.854. The molecule has 1 fully saturated rings. The zero-order valence-corrected chi connectivity index (χ0v) is 11.3. The second-order valence-electron chi connectivity index (χ2n) is 4.90. The predicted octanol–water partition coefficient (Wildman–Crippen LogP) is 2.34. The standard InChI is InChI=1S/C14H21N3O2/c1-2-12(19-11-5-3-4-6-11)14(18)17-10-7-8-13(15)16-9-10/h7-9,11-12H,2-6H2,1H3,(H2,15,16)(H,17,18). The monoisotopic (exact) mass is 263 g/mol. The van der Waals surface area contributed by atoms with E-state index in [2.05, 4.69) is 10.3 Å². The highest BCUT2D eigenvalue weighted by Gasteiger charge is 2.24. The number of anilines is 2. The molecule has 1 aliphatic rings. The Hall–Kier alpha value is -1.62. The second kappa shape index (κ2) is 6.52. The highest BCUT2D eigenvalue weighted by molar-refractivity contribution is 5.94. The normalized spacial score (nSPS) is 17.3. The van der Waals surface area contributed by atoms with Crippen molar-refractivity contribution < 1.29 is 9.53 Å². The number of nitrogen functional groups attached to an aromatic ring is 1. The van der Waals surface area contributed by atoms with E-state index in [0.717, 1.165) is 12.8 Å². The Morgan fingerprint density at radius 2 is 2.26 bits per heavy atom. The van der Waals surface area contributed by atoms with Gasteiger partial charge in [0.25, 0.3) is 5.91 Å². The van der Waals surface area contributed by atoms with E-state index in [1.54, 1.807) is 18.3 Å². The van der Waals surface area contributed by atoms with Gasteiger partial charge in [0, 0.05) is 0 Å². The number of pyridine rings is 1. The molecule has 19 heavy (non-hydrogen) atoms. The minimum Gasteiger partial charge on any atom is -0.384 e. The van der Waals surface area contributed by atoms with Gasteiger partial charge in [-0.05, 0) is 31.4 Å². The summed E-state index contributed by atoms with van der Waals surface area (Å²) in [6.07, 6.45) is 6.59. The van der Waals surface area contributed by atoms with Gasteiger partial charge in [0.15, 0.2) is 0 Å². The van der Waals surface area contributed by atoms with Gasteiger partial charge in [-0.15, -0.1) is 0 Å². The van der Waals surface area contributed by atoms with Crippen molar-refractivity contribution in [3.8, 4) is 0 Å². The van der Waals surface area contributed by atoms with Crippen LogP contribution in [0.5, 0.6) is 0 Å². The number of nitrogens with two attached hydrogens (primary N) is 1. The molecule has 0 aromatic carbocycles. The van der Waals surface area contributed by atoms with Crippen LogP contribution in [0.3, 0.4) is 0 Å². The average molecular weight is 263 g/mol. The van der Waals surface area contributed by atoms with Crippen molar-refractivity contribution in [3.05, 3.63) is 18.3 Å². The van der Waals surface area contributed by atoms with Crippen LogP contribution in [-0.2, 0) is 9.53 Å². The van der Waals surface area contributed by atoms with Crippen molar-refractivity contribution in [1.82, 2.24) is 4.98 Å². The SMILES string of the molecule is CCC(OC1CCCC1)C(=O)Nc1ccc(N)nc1. The van der Waals surface area contributed by atoms with E-state index < -0.39 is 0 Å².